The maximum atomic E-state index is 13.0. The number of carbonyl (C=O) groups excluding carboxylic acids is 1. The van der Waals surface area contributed by atoms with Gasteiger partial charge >= 0.3 is 0 Å². The molecule has 0 fully saturated rings. The number of hydrogen-bond donors (Lipinski definition) is 1. The number of nitrogens with two attached hydrogens (primary N) is 1. The Morgan fingerprint density at radius 1 is 1.22 bits per heavy atom. The quantitative estimate of drug-likeness (QED) is 0.757. The van der Waals surface area contributed by atoms with Crippen LogP contribution in [0, 0.1) is 0 Å². The number of nitrogens with zero attached hydrogens (tertiary/aromatic N) is 3. The zero-order valence-electron chi connectivity index (χ0n) is 15.4. The molecule has 6 heteroatoms. The van der Waals surface area contributed by atoms with Gasteiger partial charge in [-0.25, -0.2) is 0 Å². The monoisotopic (exact) mass is 362 g/mol. The average molecular weight is 362 g/mol. The molecule has 0 radical (unpaired) electrons. The molecule has 0 spiro atoms. The van der Waals surface area contributed by atoms with Crippen molar-refractivity contribution in [2.75, 3.05) is 13.7 Å². The average Bonchev–Trinajstić information content (AvgIpc) is 3.26. The summed E-state index contributed by atoms with van der Waals surface area (Å²) in [7, 11) is 3.54. The van der Waals surface area contributed by atoms with Gasteiger partial charge in [0.15, 0.2) is 0 Å². The minimum Gasteiger partial charge on any atom is -0.497 e. The van der Waals surface area contributed by atoms with Gasteiger partial charge in [0.2, 0.25) is 0 Å². The smallest absolute Gasteiger partial charge is 0.255 e. The Morgan fingerprint density at radius 2 is 2.07 bits per heavy atom. The van der Waals surface area contributed by atoms with Gasteiger partial charge in [-0.1, -0.05) is 18.2 Å². The zero-order valence-corrected chi connectivity index (χ0v) is 15.4. The van der Waals surface area contributed by atoms with Crippen LogP contribution in [0.1, 0.15) is 27.5 Å². The van der Waals surface area contributed by atoms with E-state index in [0.29, 0.717) is 13.1 Å². The number of carbonyl (C=O) groups is 1. The number of ether oxygens (including phenoxy) is 1. The third kappa shape index (κ3) is 2.98. The van der Waals surface area contributed by atoms with Gasteiger partial charge in [-0.3, -0.25) is 9.48 Å². The Kier molecular flexibility index (Phi) is 4.41. The Balaban J connectivity index is 1.67. The van der Waals surface area contributed by atoms with Crippen LogP contribution >= 0.6 is 0 Å². The Labute approximate surface area is 158 Å². The number of rotatable bonds is 5. The summed E-state index contributed by atoms with van der Waals surface area (Å²) >= 11 is 0. The molecule has 6 nitrogen and oxygen atoms in total. The highest BCUT2D eigenvalue weighted by atomic mass is 16.5. The first-order valence-corrected chi connectivity index (χ1v) is 8.88. The molecule has 3 aromatic rings. The lowest BCUT2D eigenvalue weighted by atomic mass is 10.0. The first-order chi connectivity index (χ1) is 13.1. The molecule has 0 bridgehead atoms. The Hall–Kier alpha value is -3.12. The van der Waals surface area contributed by atoms with Crippen molar-refractivity contribution >= 4 is 5.91 Å². The molecule has 1 aliphatic heterocycles. The number of methoxy groups -OCH3 is 1. The van der Waals surface area contributed by atoms with E-state index in [1.807, 2.05) is 59.1 Å². The molecule has 2 N–H and O–H groups in total. The molecule has 1 amide bonds. The maximum absolute atomic E-state index is 13.0. The van der Waals surface area contributed by atoms with Gasteiger partial charge in [0, 0.05) is 37.5 Å². The molecule has 1 unspecified atom stereocenters. The summed E-state index contributed by atoms with van der Waals surface area (Å²) in [6, 6.07) is 15.5. The van der Waals surface area contributed by atoms with E-state index in [9.17, 15) is 4.79 Å². The predicted octanol–water partition coefficient (Wildman–Crippen LogP) is 2.75. The van der Waals surface area contributed by atoms with Gasteiger partial charge < -0.3 is 15.4 Å². The minimum absolute atomic E-state index is 0.0137. The third-order valence-corrected chi connectivity index (χ3v) is 5.13. The van der Waals surface area contributed by atoms with Gasteiger partial charge in [0.25, 0.3) is 5.91 Å². The number of fused-ring (bicyclic) bond motifs is 1. The Bertz CT molecular complexity index is 995. The lowest BCUT2D eigenvalue weighted by molar-refractivity contribution is 0.0706. The summed E-state index contributed by atoms with van der Waals surface area (Å²) in [6.45, 7) is 0.889. The summed E-state index contributed by atoms with van der Waals surface area (Å²) in [5.41, 5.74) is 10.9. The van der Waals surface area contributed by atoms with Crippen LogP contribution in [0.2, 0.25) is 0 Å². The fraction of sp³-hybridized carbons (Fsp3) is 0.238. The zero-order chi connectivity index (χ0) is 19.0. The fourth-order valence-electron chi connectivity index (χ4n) is 3.70. The molecule has 1 aliphatic rings. The van der Waals surface area contributed by atoms with E-state index >= 15 is 0 Å². The number of amides is 1. The summed E-state index contributed by atoms with van der Waals surface area (Å²) in [5.74, 6) is 0.772. The van der Waals surface area contributed by atoms with Crippen LogP contribution in [0.4, 0.5) is 0 Å². The Morgan fingerprint density at radius 3 is 2.78 bits per heavy atom. The largest absolute Gasteiger partial charge is 0.497 e. The van der Waals surface area contributed by atoms with Crippen LogP contribution in [0.25, 0.3) is 11.3 Å². The molecule has 0 aliphatic carbocycles. The standard InChI is InChI=1S/C21H22N4O2/c1-24-19(8-9-23-24)15-6-7-18-16(10-15)13-25(21(18)26)20(12-22)14-4-3-5-17(11-14)27-2/h3-11,20H,12-13,22H2,1-2H3. The molecule has 1 aromatic heterocycles. The van der Waals surface area contributed by atoms with Crippen molar-refractivity contribution in [2.45, 2.75) is 12.6 Å². The van der Waals surface area contributed by atoms with Gasteiger partial charge in [0.1, 0.15) is 5.75 Å². The van der Waals surface area contributed by atoms with E-state index in [4.69, 9.17) is 10.5 Å². The fourth-order valence-corrected chi connectivity index (χ4v) is 3.70. The van der Waals surface area contributed by atoms with Gasteiger partial charge in [-0.2, -0.15) is 5.10 Å². The van der Waals surface area contributed by atoms with Crippen molar-refractivity contribution in [2.24, 2.45) is 12.8 Å². The molecule has 0 saturated heterocycles. The van der Waals surface area contributed by atoms with E-state index in [0.717, 1.165) is 33.7 Å². The number of hydrogen-bond acceptors (Lipinski definition) is 4. The van der Waals surface area contributed by atoms with Gasteiger partial charge in [-0.15, -0.1) is 0 Å². The highest BCUT2D eigenvalue weighted by Gasteiger charge is 2.33. The van der Waals surface area contributed by atoms with E-state index in [2.05, 4.69) is 11.2 Å². The molecule has 2 aromatic carbocycles. The van der Waals surface area contributed by atoms with Crippen molar-refractivity contribution in [3.05, 3.63) is 71.4 Å². The lowest BCUT2D eigenvalue weighted by Crippen LogP contribution is -2.34. The number of benzene rings is 2. The van der Waals surface area contributed by atoms with E-state index in [1.54, 1.807) is 13.3 Å². The van der Waals surface area contributed by atoms with E-state index in [-0.39, 0.29) is 11.9 Å². The minimum atomic E-state index is -0.194. The van der Waals surface area contributed by atoms with Crippen LogP contribution < -0.4 is 10.5 Å². The van der Waals surface area contributed by atoms with Crippen LogP contribution in [0.5, 0.6) is 5.75 Å². The van der Waals surface area contributed by atoms with Crippen LogP contribution in [0.15, 0.2) is 54.7 Å². The summed E-state index contributed by atoms with van der Waals surface area (Å²) in [5, 5.41) is 4.22. The summed E-state index contributed by atoms with van der Waals surface area (Å²) < 4.78 is 7.15. The SMILES string of the molecule is COc1cccc(C(CN)N2Cc3cc(-c4ccnn4C)ccc3C2=O)c1. The topological polar surface area (TPSA) is 73.4 Å². The molecule has 27 heavy (non-hydrogen) atoms. The molecular weight excluding hydrogens is 340 g/mol. The second kappa shape index (κ2) is 6.89. The molecule has 138 valence electrons. The third-order valence-electron chi connectivity index (χ3n) is 5.13. The first kappa shape index (κ1) is 17.3. The second-order valence-corrected chi connectivity index (χ2v) is 6.67. The number of aryl methyl sites for hydroxylation is 1. The van der Waals surface area contributed by atoms with Crippen LogP contribution in [-0.4, -0.2) is 34.2 Å². The van der Waals surface area contributed by atoms with Gasteiger partial charge in [0.05, 0.1) is 18.8 Å². The summed E-state index contributed by atoms with van der Waals surface area (Å²) in [4.78, 5) is 14.9. The van der Waals surface area contributed by atoms with Crippen molar-refractivity contribution in [1.82, 2.24) is 14.7 Å². The lowest BCUT2D eigenvalue weighted by Gasteiger charge is -2.27. The van der Waals surface area contributed by atoms with Crippen molar-refractivity contribution in [3.63, 3.8) is 0 Å². The van der Waals surface area contributed by atoms with Gasteiger partial charge in [-0.05, 0) is 41.5 Å². The highest BCUT2D eigenvalue weighted by Crippen LogP contribution is 2.34. The van der Waals surface area contributed by atoms with Crippen LogP contribution in [0.3, 0.4) is 0 Å². The van der Waals surface area contributed by atoms with Crippen molar-refractivity contribution in [3.8, 4) is 17.0 Å². The summed E-state index contributed by atoms with van der Waals surface area (Å²) in [6.07, 6.45) is 1.77. The molecule has 2 heterocycles. The van der Waals surface area contributed by atoms with Crippen molar-refractivity contribution in [1.29, 1.82) is 0 Å². The molecule has 4 rings (SSSR count). The number of aromatic nitrogens is 2. The molecular formula is C21H22N4O2. The second-order valence-electron chi connectivity index (χ2n) is 6.67. The first-order valence-electron chi connectivity index (χ1n) is 8.88. The van der Waals surface area contributed by atoms with E-state index in [1.165, 1.54) is 0 Å². The molecule has 1 atom stereocenters. The van der Waals surface area contributed by atoms with Crippen molar-refractivity contribution < 1.29 is 9.53 Å². The predicted molar refractivity (Wildman–Crippen MR) is 103 cm³/mol. The molecule has 0 saturated carbocycles. The normalized spacial score (nSPS) is 14.3. The van der Waals surface area contributed by atoms with Crippen LogP contribution in [-0.2, 0) is 13.6 Å². The van der Waals surface area contributed by atoms with E-state index < -0.39 is 0 Å². The maximum Gasteiger partial charge on any atom is 0.255 e. The highest BCUT2D eigenvalue weighted by molar-refractivity contribution is 5.99.